The minimum atomic E-state index is 0. The van der Waals surface area contributed by atoms with Crippen LogP contribution < -0.4 is 10.6 Å². The van der Waals surface area contributed by atoms with Crippen LogP contribution in [0.4, 0.5) is 0 Å². The molecule has 0 radical (unpaired) electrons. The fourth-order valence-corrected chi connectivity index (χ4v) is 4.93. The molecule has 6 nitrogen and oxygen atoms in total. The molecule has 32 heavy (non-hydrogen) atoms. The summed E-state index contributed by atoms with van der Waals surface area (Å²) in [4.78, 5) is 12.1. The van der Waals surface area contributed by atoms with Crippen molar-refractivity contribution < 1.29 is 0 Å². The summed E-state index contributed by atoms with van der Waals surface area (Å²) in [6.07, 6.45) is 13.4. The summed E-state index contributed by atoms with van der Waals surface area (Å²) in [5, 5.41) is 7.11. The second kappa shape index (κ2) is 13.2. The van der Waals surface area contributed by atoms with Gasteiger partial charge in [0, 0.05) is 50.7 Å². The molecule has 4 rings (SSSR count). The predicted octanol–water partition coefficient (Wildman–Crippen LogP) is 4.40. The van der Waals surface area contributed by atoms with Gasteiger partial charge in [0.1, 0.15) is 12.4 Å². The fraction of sp³-hybridized carbons (Fsp3) is 0.600. The minimum Gasteiger partial charge on any atom is -0.357 e. The minimum absolute atomic E-state index is 0. The second-order valence-corrected chi connectivity index (χ2v) is 8.90. The second-order valence-electron chi connectivity index (χ2n) is 8.90. The van der Waals surface area contributed by atoms with E-state index in [-0.39, 0.29) is 24.0 Å². The van der Waals surface area contributed by atoms with Gasteiger partial charge in [-0.3, -0.25) is 0 Å². The summed E-state index contributed by atoms with van der Waals surface area (Å²) in [6.45, 7) is 6.82. The lowest BCUT2D eigenvalue weighted by Crippen LogP contribution is -2.51. The first-order valence-corrected chi connectivity index (χ1v) is 12.1. The molecule has 0 unspecified atom stereocenters. The van der Waals surface area contributed by atoms with Gasteiger partial charge in [0.05, 0.1) is 0 Å². The van der Waals surface area contributed by atoms with Crippen LogP contribution in [-0.4, -0.2) is 52.1 Å². The van der Waals surface area contributed by atoms with E-state index >= 15 is 0 Å². The maximum atomic E-state index is 4.86. The van der Waals surface area contributed by atoms with E-state index in [0.29, 0.717) is 12.6 Å². The molecule has 176 valence electrons. The van der Waals surface area contributed by atoms with E-state index < -0.39 is 0 Å². The normalized spacial score (nSPS) is 18.8. The predicted molar refractivity (Wildman–Crippen MR) is 143 cm³/mol. The van der Waals surface area contributed by atoms with E-state index in [9.17, 15) is 0 Å². The quantitative estimate of drug-likeness (QED) is 0.305. The van der Waals surface area contributed by atoms with Gasteiger partial charge in [-0.15, -0.1) is 24.0 Å². The topological polar surface area (TPSA) is 57.5 Å². The number of piperidine rings is 1. The number of guanidine groups is 1. The smallest absolute Gasteiger partial charge is 0.191 e. The third-order valence-corrected chi connectivity index (χ3v) is 6.68. The van der Waals surface area contributed by atoms with Crippen LogP contribution in [0, 0.1) is 0 Å². The number of aromatic nitrogens is 2. The maximum absolute atomic E-state index is 4.86. The fourth-order valence-electron chi connectivity index (χ4n) is 4.93. The van der Waals surface area contributed by atoms with E-state index in [0.717, 1.165) is 30.9 Å². The van der Waals surface area contributed by atoms with E-state index in [1.165, 1.54) is 63.6 Å². The van der Waals surface area contributed by atoms with Gasteiger partial charge in [-0.25, -0.2) is 9.98 Å². The molecule has 2 N–H and O–H groups in total. The molecule has 0 spiro atoms. The zero-order valence-electron chi connectivity index (χ0n) is 19.4. The summed E-state index contributed by atoms with van der Waals surface area (Å²) in [6, 6.07) is 11.8. The van der Waals surface area contributed by atoms with E-state index in [2.05, 4.69) is 62.3 Å². The van der Waals surface area contributed by atoms with Crippen molar-refractivity contribution in [2.24, 2.45) is 4.99 Å². The number of benzene rings is 1. The Morgan fingerprint density at radius 1 is 1.06 bits per heavy atom. The van der Waals surface area contributed by atoms with Crippen molar-refractivity contribution in [3.63, 3.8) is 0 Å². The molecule has 1 aromatic carbocycles. The number of aliphatic imine (C=N–C) groups is 1. The third-order valence-electron chi connectivity index (χ3n) is 6.68. The van der Waals surface area contributed by atoms with Crippen LogP contribution in [0.3, 0.4) is 0 Å². The molecular formula is C25H39IN6. The molecule has 2 fully saturated rings. The molecule has 7 heteroatoms. The summed E-state index contributed by atoms with van der Waals surface area (Å²) >= 11 is 0. The average molecular weight is 551 g/mol. The van der Waals surface area contributed by atoms with Crippen LogP contribution in [-0.2, 0) is 13.1 Å². The molecule has 1 saturated heterocycles. The summed E-state index contributed by atoms with van der Waals surface area (Å²) in [5.74, 6) is 1.90. The van der Waals surface area contributed by atoms with Gasteiger partial charge in [-0.05, 0) is 38.2 Å². The van der Waals surface area contributed by atoms with Crippen molar-refractivity contribution in [1.82, 2.24) is 25.1 Å². The highest BCUT2D eigenvalue weighted by Gasteiger charge is 2.26. The van der Waals surface area contributed by atoms with Crippen molar-refractivity contribution in [1.29, 1.82) is 0 Å². The number of nitrogens with zero attached hydrogens (tertiary/aromatic N) is 4. The van der Waals surface area contributed by atoms with Gasteiger partial charge < -0.3 is 20.1 Å². The number of nitrogens with one attached hydrogen (secondary N) is 2. The van der Waals surface area contributed by atoms with Crippen LogP contribution in [0.15, 0.2) is 47.7 Å². The largest absolute Gasteiger partial charge is 0.357 e. The number of rotatable bonds is 7. The Morgan fingerprint density at radius 3 is 2.53 bits per heavy atom. The highest BCUT2D eigenvalue weighted by molar-refractivity contribution is 14.0. The Balaban J connectivity index is 0.00000289. The maximum Gasteiger partial charge on any atom is 0.191 e. The number of hydrogen-bond acceptors (Lipinski definition) is 3. The third kappa shape index (κ3) is 7.20. The van der Waals surface area contributed by atoms with Gasteiger partial charge in [-0.2, -0.15) is 0 Å². The lowest BCUT2D eigenvalue weighted by Gasteiger charge is -2.39. The first-order valence-electron chi connectivity index (χ1n) is 12.1. The average Bonchev–Trinajstić information content (AvgIpc) is 3.26. The summed E-state index contributed by atoms with van der Waals surface area (Å²) in [7, 11) is 0. The van der Waals surface area contributed by atoms with Crippen LogP contribution in [0.2, 0.25) is 0 Å². The zero-order valence-corrected chi connectivity index (χ0v) is 21.7. The molecule has 1 aliphatic carbocycles. The first kappa shape index (κ1) is 25.0. The zero-order chi connectivity index (χ0) is 21.3. The molecule has 0 atom stereocenters. The van der Waals surface area contributed by atoms with Crippen molar-refractivity contribution in [3.8, 4) is 0 Å². The summed E-state index contributed by atoms with van der Waals surface area (Å²) < 4.78 is 2.19. The number of imidazole rings is 1. The lowest BCUT2D eigenvalue weighted by atomic mass is 9.92. The van der Waals surface area contributed by atoms with Gasteiger partial charge in [0.25, 0.3) is 0 Å². The molecular weight excluding hydrogens is 511 g/mol. The Hall–Kier alpha value is -1.61. The molecule has 2 heterocycles. The number of hydrogen-bond donors (Lipinski definition) is 2. The molecule has 0 amide bonds. The molecule has 1 aliphatic heterocycles. The Morgan fingerprint density at radius 2 is 1.81 bits per heavy atom. The highest BCUT2D eigenvalue weighted by atomic mass is 127. The van der Waals surface area contributed by atoms with Gasteiger partial charge >= 0.3 is 0 Å². The van der Waals surface area contributed by atoms with Crippen molar-refractivity contribution in [2.75, 3.05) is 19.6 Å². The SMILES string of the molecule is CCNC(=NCc1nccn1Cc1ccccc1)NC1CCN(C2CCCCC2)CC1.I. The molecule has 2 aliphatic rings. The van der Waals surface area contributed by atoms with Crippen LogP contribution in [0.1, 0.15) is 63.3 Å². The monoisotopic (exact) mass is 550 g/mol. The van der Waals surface area contributed by atoms with Gasteiger partial charge in [0.15, 0.2) is 5.96 Å². The Kier molecular flexibility index (Phi) is 10.3. The van der Waals surface area contributed by atoms with Crippen molar-refractivity contribution in [3.05, 3.63) is 54.1 Å². The number of halogens is 1. The molecule has 1 aromatic heterocycles. The van der Waals surface area contributed by atoms with E-state index in [1.54, 1.807) is 0 Å². The number of likely N-dealkylation sites (tertiary alicyclic amines) is 1. The van der Waals surface area contributed by atoms with Crippen LogP contribution >= 0.6 is 24.0 Å². The van der Waals surface area contributed by atoms with E-state index in [4.69, 9.17) is 4.99 Å². The molecule has 0 bridgehead atoms. The highest BCUT2D eigenvalue weighted by Crippen LogP contribution is 2.25. The molecule has 1 saturated carbocycles. The van der Waals surface area contributed by atoms with Gasteiger partial charge in [-0.1, -0.05) is 49.6 Å². The van der Waals surface area contributed by atoms with Crippen molar-refractivity contribution in [2.45, 2.75) is 77.0 Å². The molecule has 2 aromatic rings. The first-order chi connectivity index (χ1) is 15.3. The Labute approximate surface area is 210 Å². The summed E-state index contributed by atoms with van der Waals surface area (Å²) in [5.41, 5.74) is 1.28. The van der Waals surface area contributed by atoms with Crippen LogP contribution in [0.5, 0.6) is 0 Å². The lowest BCUT2D eigenvalue weighted by molar-refractivity contribution is 0.119. The standard InChI is InChI=1S/C25H38N6.HI/c1-2-26-25(29-22-13-16-30(17-14-22)23-11-7-4-8-12-23)28-19-24-27-15-18-31(24)20-21-9-5-3-6-10-21;/h3,5-6,9-10,15,18,22-23H,2,4,7-8,11-14,16-17,19-20H2,1H3,(H2,26,28,29);1H. The van der Waals surface area contributed by atoms with E-state index in [1.807, 2.05) is 12.4 Å². The van der Waals surface area contributed by atoms with Crippen molar-refractivity contribution >= 4 is 29.9 Å². The van der Waals surface area contributed by atoms with Crippen LogP contribution in [0.25, 0.3) is 0 Å². The van der Waals surface area contributed by atoms with Gasteiger partial charge in [0.2, 0.25) is 0 Å². The Bertz CT molecular complexity index is 807.